The van der Waals surface area contributed by atoms with E-state index in [-0.39, 0.29) is 5.91 Å². The molecule has 1 unspecified atom stereocenters. The third kappa shape index (κ3) is 4.57. The maximum absolute atomic E-state index is 12.2. The molecule has 2 rings (SSSR count). The third-order valence-corrected chi connectivity index (χ3v) is 3.23. The Labute approximate surface area is 135 Å². The smallest absolute Gasteiger partial charge is 0.340 e. The number of carbonyl (C=O) groups is 2. The van der Waals surface area contributed by atoms with Gasteiger partial charge in [0.05, 0.1) is 12.2 Å². The van der Waals surface area contributed by atoms with Crippen molar-refractivity contribution in [1.29, 1.82) is 0 Å². The van der Waals surface area contributed by atoms with Crippen molar-refractivity contribution in [2.24, 2.45) is 0 Å². The van der Waals surface area contributed by atoms with E-state index in [1.807, 2.05) is 30.3 Å². The number of rotatable bonds is 6. The number of carbonyl (C=O) groups excluding carboxylic acids is 2. The first-order valence-corrected chi connectivity index (χ1v) is 7.50. The lowest BCUT2D eigenvalue weighted by Gasteiger charge is -2.17. The van der Waals surface area contributed by atoms with Crippen LogP contribution in [-0.2, 0) is 9.53 Å². The Morgan fingerprint density at radius 1 is 1.04 bits per heavy atom. The van der Waals surface area contributed by atoms with Crippen molar-refractivity contribution in [3.8, 4) is 0 Å². The summed E-state index contributed by atoms with van der Waals surface area (Å²) in [6.07, 6.45) is 0. The molecule has 0 radical (unpaired) electrons. The second-order valence-corrected chi connectivity index (χ2v) is 4.99. The number of benzene rings is 2. The van der Waals surface area contributed by atoms with E-state index in [9.17, 15) is 9.59 Å². The zero-order valence-electron chi connectivity index (χ0n) is 13.2. The number of hydrogen-bond acceptors (Lipinski definition) is 4. The molecule has 2 aromatic carbocycles. The van der Waals surface area contributed by atoms with Crippen molar-refractivity contribution in [2.75, 3.05) is 17.2 Å². The summed E-state index contributed by atoms with van der Waals surface area (Å²) in [5.74, 6) is -0.596. The van der Waals surface area contributed by atoms with Gasteiger partial charge >= 0.3 is 5.97 Å². The summed E-state index contributed by atoms with van der Waals surface area (Å²) < 4.78 is 5.03. The normalized spacial score (nSPS) is 11.4. The van der Waals surface area contributed by atoms with Crippen molar-refractivity contribution in [1.82, 2.24) is 0 Å². The van der Waals surface area contributed by atoms with E-state index in [1.165, 1.54) is 0 Å². The first-order chi connectivity index (χ1) is 11.1. The molecule has 1 amide bonds. The highest BCUT2D eigenvalue weighted by molar-refractivity contribution is 5.99. The second kappa shape index (κ2) is 7.98. The number of para-hydroxylation sites is 2. The molecule has 0 heterocycles. The van der Waals surface area contributed by atoms with Crippen molar-refractivity contribution in [2.45, 2.75) is 19.9 Å². The van der Waals surface area contributed by atoms with Gasteiger partial charge in [-0.3, -0.25) is 4.79 Å². The Bertz CT molecular complexity index is 671. The highest BCUT2D eigenvalue weighted by Gasteiger charge is 2.17. The molecule has 0 saturated heterocycles. The SMILES string of the molecule is CCOC(=O)c1ccccc1NC(C)C(=O)Nc1ccccc1. The van der Waals surface area contributed by atoms with E-state index < -0.39 is 12.0 Å². The summed E-state index contributed by atoms with van der Waals surface area (Å²) in [4.78, 5) is 24.2. The number of esters is 1. The maximum Gasteiger partial charge on any atom is 0.340 e. The highest BCUT2D eigenvalue weighted by Crippen LogP contribution is 2.18. The Morgan fingerprint density at radius 3 is 2.39 bits per heavy atom. The number of amides is 1. The molecule has 5 heteroatoms. The first-order valence-electron chi connectivity index (χ1n) is 7.50. The molecule has 1 atom stereocenters. The summed E-state index contributed by atoms with van der Waals surface area (Å²) in [5, 5.41) is 5.88. The van der Waals surface area contributed by atoms with Crippen molar-refractivity contribution in [3.05, 3.63) is 60.2 Å². The van der Waals surface area contributed by atoms with Crippen LogP contribution in [0.4, 0.5) is 11.4 Å². The van der Waals surface area contributed by atoms with Gasteiger partial charge in [0.1, 0.15) is 6.04 Å². The summed E-state index contributed by atoms with van der Waals surface area (Å²) in [7, 11) is 0. The molecule has 0 aliphatic heterocycles. The molecular weight excluding hydrogens is 292 g/mol. The molecule has 0 fully saturated rings. The van der Waals surface area contributed by atoms with E-state index in [4.69, 9.17) is 4.74 Å². The highest BCUT2D eigenvalue weighted by atomic mass is 16.5. The fourth-order valence-electron chi connectivity index (χ4n) is 2.07. The standard InChI is InChI=1S/C18H20N2O3/c1-3-23-18(22)15-11-7-8-12-16(15)19-13(2)17(21)20-14-9-5-4-6-10-14/h4-13,19H,3H2,1-2H3,(H,20,21). The van der Waals surface area contributed by atoms with Crippen LogP contribution in [0.1, 0.15) is 24.2 Å². The first kappa shape index (κ1) is 16.5. The molecule has 0 aromatic heterocycles. The molecule has 5 nitrogen and oxygen atoms in total. The van der Waals surface area contributed by atoms with Crippen LogP contribution in [0.15, 0.2) is 54.6 Å². The molecule has 0 bridgehead atoms. The van der Waals surface area contributed by atoms with Crippen LogP contribution in [0.3, 0.4) is 0 Å². The van der Waals surface area contributed by atoms with Crippen LogP contribution in [0.25, 0.3) is 0 Å². The topological polar surface area (TPSA) is 67.4 Å². The molecule has 2 N–H and O–H groups in total. The largest absolute Gasteiger partial charge is 0.462 e. The van der Waals surface area contributed by atoms with Gasteiger partial charge in [-0.05, 0) is 38.1 Å². The van der Waals surface area contributed by atoms with Gasteiger partial charge in [-0.1, -0.05) is 30.3 Å². The van der Waals surface area contributed by atoms with Gasteiger partial charge < -0.3 is 15.4 Å². The zero-order chi connectivity index (χ0) is 16.7. The second-order valence-electron chi connectivity index (χ2n) is 4.99. The average Bonchev–Trinajstić information content (AvgIpc) is 2.56. The summed E-state index contributed by atoms with van der Waals surface area (Å²) in [5.41, 5.74) is 1.71. The summed E-state index contributed by atoms with van der Waals surface area (Å²) in [6, 6.07) is 15.7. The van der Waals surface area contributed by atoms with Crippen molar-refractivity contribution < 1.29 is 14.3 Å². The zero-order valence-corrected chi connectivity index (χ0v) is 13.2. The van der Waals surface area contributed by atoms with Gasteiger partial charge in [0.2, 0.25) is 5.91 Å². The minimum absolute atomic E-state index is 0.185. The van der Waals surface area contributed by atoms with E-state index in [0.717, 1.165) is 5.69 Å². The fourth-order valence-corrected chi connectivity index (χ4v) is 2.07. The van der Waals surface area contributed by atoms with Crippen molar-refractivity contribution in [3.63, 3.8) is 0 Å². The molecule has 120 valence electrons. The third-order valence-electron chi connectivity index (χ3n) is 3.23. The van der Waals surface area contributed by atoms with E-state index in [0.29, 0.717) is 17.9 Å². The Morgan fingerprint density at radius 2 is 1.70 bits per heavy atom. The number of hydrogen-bond donors (Lipinski definition) is 2. The molecule has 0 aliphatic rings. The van der Waals surface area contributed by atoms with Crippen LogP contribution in [-0.4, -0.2) is 24.5 Å². The minimum Gasteiger partial charge on any atom is -0.462 e. The quantitative estimate of drug-likeness (QED) is 0.803. The lowest BCUT2D eigenvalue weighted by Crippen LogP contribution is -2.32. The predicted molar refractivity (Wildman–Crippen MR) is 90.6 cm³/mol. The minimum atomic E-state index is -0.509. The van der Waals surface area contributed by atoms with E-state index >= 15 is 0 Å². The van der Waals surface area contributed by atoms with E-state index in [2.05, 4.69) is 10.6 Å². The molecule has 23 heavy (non-hydrogen) atoms. The van der Waals surface area contributed by atoms with Crippen LogP contribution in [0.5, 0.6) is 0 Å². The van der Waals surface area contributed by atoms with Gasteiger partial charge in [-0.25, -0.2) is 4.79 Å². The van der Waals surface area contributed by atoms with E-state index in [1.54, 1.807) is 38.1 Å². The molecule has 0 spiro atoms. The lowest BCUT2D eigenvalue weighted by molar-refractivity contribution is -0.116. The van der Waals surface area contributed by atoms with Gasteiger partial charge in [0, 0.05) is 11.4 Å². The Balaban J connectivity index is 2.06. The fraction of sp³-hybridized carbons (Fsp3) is 0.222. The summed E-state index contributed by atoms with van der Waals surface area (Å²) in [6.45, 7) is 3.79. The van der Waals surface area contributed by atoms with Gasteiger partial charge in [0.25, 0.3) is 0 Å². The van der Waals surface area contributed by atoms with Gasteiger partial charge in [0.15, 0.2) is 0 Å². The predicted octanol–water partition coefficient (Wildman–Crippen LogP) is 3.30. The Kier molecular flexibility index (Phi) is 5.74. The number of anilines is 2. The van der Waals surface area contributed by atoms with Crippen LogP contribution >= 0.6 is 0 Å². The molecule has 2 aromatic rings. The van der Waals surface area contributed by atoms with Gasteiger partial charge in [-0.2, -0.15) is 0 Å². The molecule has 0 saturated carbocycles. The van der Waals surface area contributed by atoms with Crippen LogP contribution < -0.4 is 10.6 Å². The average molecular weight is 312 g/mol. The lowest BCUT2D eigenvalue weighted by atomic mass is 10.1. The maximum atomic E-state index is 12.2. The van der Waals surface area contributed by atoms with Gasteiger partial charge in [-0.15, -0.1) is 0 Å². The summed E-state index contributed by atoms with van der Waals surface area (Å²) >= 11 is 0. The van der Waals surface area contributed by atoms with Crippen LogP contribution in [0, 0.1) is 0 Å². The molecular formula is C18H20N2O3. The number of ether oxygens (including phenoxy) is 1. The number of nitrogens with one attached hydrogen (secondary N) is 2. The van der Waals surface area contributed by atoms with Crippen LogP contribution in [0.2, 0.25) is 0 Å². The Hall–Kier alpha value is -2.82. The molecule has 0 aliphatic carbocycles. The monoisotopic (exact) mass is 312 g/mol. The van der Waals surface area contributed by atoms with Crippen molar-refractivity contribution >= 4 is 23.3 Å².